The smallest absolute Gasteiger partial charge is 0.343 e. The highest BCUT2D eigenvalue weighted by atomic mass is 32.2. The van der Waals surface area contributed by atoms with Gasteiger partial charge < -0.3 is 9.47 Å². The number of aryl methyl sites for hydroxylation is 2. The molecule has 162 valence electrons. The van der Waals surface area contributed by atoms with Gasteiger partial charge in [-0.1, -0.05) is 30.3 Å². The molecule has 0 saturated carbocycles. The summed E-state index contributed by atoms with van der Waals surface area (Å²) in [5.41, 5.74) is 3.42. The number of rotatable bonds is 6. The molecule has 0 aromatic heterocycles. The van der Waals surface area contributed by atoms with E-state index in [1.165, 1.54) is 6.07 Å². The molecule has 0 aliphatic carbocycles. The van der Waals surface area contributed by atoms with Crippen LogP contribution in [0.2, 0.25) is 0 Å². The number of carbonyl (C=O) groups excluding carboxylic acids is 2. The van der Waals surface area contributed by atoms with E-state index in [2.05, 4.69) is 0 Å². The lowest BCUT2D eigenvalue weighted by Gasteiger charge is -2.13. The summed E-state index contributed by atoms with van der Waals surface area (Å²) in [4.78, 5) is 25.3. The molecule has 31 heavy (non-hydrogen) atoms. The predicted octanol–water partition coefficient (Wildman–Crippen LogP) is 4.03. The Hall–Kier alpha value is -3.23. The van der Waals surface area contributed by atoms with Gasteiger partial charge in [-0.25, -0.2) is 9.59 Å². The van der Waals surface area contributed by atoms with Gasteiger partial charge in [0.1, 0.15) is 18.1 Å². The average molecular weight is 442 g/mol. The van der Waals surface area contributed by atoms with Crippen LogP contribution in [0.25, 0.3) is 10.8 Å². The van der Waals surface area contributed by atoms with E-state index < -0.39 is 34.4 Å². The zero-order chi connectivity index (χ0) is 22.8. The number of esters is 2. The molecule has 0 heterocycles. The lowest BCUT2D eigenvalue weighted by Crippen LogP contribution is -2.15. The van der Waals surface area contributed by atoms with E-state index in [0.717, 1.165) is 16.7 Å². The number of benzene rings is 3. The van der Waals surface area contributed by atoms with E-state index in [1.807, 2.05) is 26.8 Å². The van der Waals surface area contributed by atoms with Crippen LogP contribution in [0.1, 0.15) is 37.4 Å². The summed E-state index contributed by atoms with van der Waals surface area (Å²) in [7, 11) is -4.24. The standard InChI is InChI=1S/C23H22O7S/c1-14-12-15(2)16(3)20(13-14)23(25)30-21-9-5-6-17-18(21)7-4-8-19(17)22(24)29-10-11-31(26,27)28/h4-9,12-13H,10-11H2,1-3H3,(H,26,27,28). The summed E-state index contributed by atoms with van der Waals surface area (Å²) in [6, 6.07) is 13.6. The molecule has 0 amide bonds. The molecule has 0 bridgehead atoms. The van der Waals surface area contributed by atoms with Crippen molar-refractivity contribution in [3.63, 3.8) is 0 Å². The van der Waals surface area contributed by atoms with Gasteiger partial charge in [0.2, 0.25) is 0 Å². The van der Waals surface area contributed by atoms with Crippen LogP contribution in [-0.2, 0) is 14.9 Å². The lowest BCUT2D eigenvalue weighted by molar-refractivity contribution is 0.0530. The van der Waals surface area contributed by atoms with Crippen LogP contribution in [0.5, 0.6) is 5.75 Å². The fourth-order valence-corrected chi connectivity index (χ4v) is 3.57. The molecule has 1 N–H and O–H groups in total. The topological polar surface area (TPSA) is 107 Å². The molecule has 0 saturated heterocycles. The van der Waals surface area contributed by atoms with Crippen molar-refractivity contribution in [2.24, 2.45) is 0 Å². The SMILES string of the molecule is Cc1cc(C)c(C)c(C(=O)Oc2cccc3c(C(=O)OCCS(=O)(=O)O)cccc23)c1. The second kappa shape index (κ2) is 8.87. The first-order valence-corrected chi connectivity index (χ1v) is 11.1. The molecule has 3 aromatic carbocycles. The monoisotopic (exact) mass is 442 g/mol. The first-order valence-electron chi connectivity index (χ1n) is 9.51. The second-order valence-corrected chi connectivity index (χ2v) is 8.79. The minimum Gasteiger partial charge on any atom is -0.461 e. The highest BCUT2D eigenvalue weighted by molar-refractivity contribution is 7.85. The molecule has 0 spiro atoms. The Morgan fingerprint density at radius 3 is 2.29 bits per heavy atom. The van der Waals surface area contributed by atoms with Gasteiger partial charge in [0, 0.05) is 5.39 Å². The predicted molar refractivity (Wildman–Crippen MR) is 116 cm³/mol. The van der Waals surface area contributed by atoms with Gasteiger partial charge in [-0.15, -0.1) is 0 Å². The maximum absolute atomic E-state index is 12.8. The molecule has 3 aromatic rings. The Morgan fingerprint density at radius 2 is 1.58 bits per heavy atom. The molecule has 0 atom stereocenters. The fraction of sp³-hybridized carbons (Fsp3) is 0.217. The molecule has 0 aliphatic rings. The van der Waals surface area contributed by atoms with Gasteiger partial charge in [0.25, 0.3) is 10.1 Å². The van der Waals surface area contributed by atoms with Gasteiger partial charge in [-0.3, -0.25) is 4.55 Å². The van der Waals surface area contributed by atoms with Crippen molar-refractivity contribution >= 4 is 32.8 Å². The van der Waals surface area contributed by atoms with Gasteiger partial charge in [0.15, 0.2) is 0 Å². The maximum atomic E-state index is 12.8. The van der Waals surface area contributed by atoms with E-state index in [-0.39, 0.29) is 11.3 Å². The molecule has 0 unspecified atom stereocenters. The third-order valence-corrected chi connectivity index (χ3v) is 5.59. The normalized spacial score (nSPS) is 11.4. The quantitative estimate of drug-likeness (QED) is 0.349. The first kappa shape index (κ1) is 22.5. The molecule has 0 fully saturated rings. The molecular formula is C23H22O7S. The number of ether oxygens (including phenoxy) is 2. The summed E-state index contributed by atoms with van der Waals surface area (Å²) >= 11 is 0. The van der Waals surface area contributed by atoms with Gasteiger partial charge >= 0.3 is 11.9 Å². The van der Waals surface area contributed by atoms with Crippen LogP contribution >= 0.6 is 0 Å². The van der Waals surface area contributed by atoms with E-state index in [9.17, 15) is 18.0 Å². The number of carbonyl (C=O) groups is 2. The summed E-state index contributed by atoms with van der Waals surface area (Å²) in [6.45, 7) is 5.21. The highest BCUT2D eigenvalue weighted by Crippen LogP contribution is 2.29. The number of hydrogen-bond acceptors (Lipinski definition) is 6. The van der Waals surface area contributed by atoms with Crippen molar-refractivity contribution in [1.29, 1.82) is 0 Å². The third-order valence-electron chi connectivity index (χ3n) is 4.91. The van der Waals surface area contributed by atoms with Crippen LogP contribution in [-0.4, -0.2) is 37.3 Å². The van der Waals surface area contributed by atoms with Crippen LogP contribution < -0.4 is 4.74 Å². The summed E-state index contributed by atoms with van der Waals surface area (Å²) in [6.07, 6.45) is 0. The Kier molecular flexibility index (Phi) is 6.42. The molecule has 0 radical (unpaired) electrons. The fourth-order valence-electron chi connectivity index (χ4n) is 3.27. The van der Waals surface area contributed by atoms with E-state index >= 15 is 0 Å². The van der Waals surface area contributed by atoms with Gasteiger partial charge in [0.05, 0.1) is 11.1 Å². The highest BCUT2D eigenvalue weighted by Gasteiger charge is 2.18. The Morgan fingerprint density at radius 1 is 0.903 bits per heavy atom. The third kappa shape index (κ3) is 5.28. The zero-order valence-electron chi connectivity index (χ0n) is 17.3. The van der Waals surface area contributed by atoms with Crippen molar-refractivity contribution < 1.29 is 32.0 Å². The van der Waals surface area contributed by atoms with E-state index in [0.29, 0.717) is 16.3 Å². The van der Waals surface area contributed by atoms with E-state index in [1.54, 1.807) is 36.4 Å². The second-order valence-electron chi connectivity index (χ2n) is 7.22. The number of hydrogen-bond donors (Lipinski definition) is 1. The van der Waals surface area contributed by atoms with Crippen LogP contribution in [0.3, 0.4) is 0 Å². The summed E-state index contributed by atoms with van der Waals surface area (Å²) in [5.74, 6) is -1.66. The number of fused-ring (bicyclic) bond motifs is 1. The van der Waals surface area contributed by atoms with Crippen molar-refractivity contribution in [2.45, 2.75) is 20.8 Å². The summed E-state index contributed by atoms with van der Waals surface area (Å²) < 4.78 is 41.0. The Labute approximate surface area is 180 Å². The van der Waals surface area contributed by atoms with Crippen molar-refractivity contribution in [1.82, 2.24) is 0 Å². The molecular weight excluding hydrogens is 420 g/mol. The van der Waals surface area contributed by atoms with Crippen molar-refractivity contribution in [2.75, 3.05) is 12.4 Å². The van der Waals surface area contributed by atoms with Crippen molar-refractivity contribution in [3.05, 3.63) is 76.3 Å². The van der Waals surface area contributed by atoms with Crippen LogP contribution in [0.15, 0.2) is 48.5 Å². The van der Waals surface area contributed by atoms with Crippen molar-refractivity contribution in [3.8, 4) is 5.75 Å². The molecule has 0 aliphatic heterocycles. The Balaban J connectivity index is 1.91. The zero-order valence-corrected chi connectivity index (χ0v) is 18.2. The average Bonchev–Trinajstić information content (AvgIpc) is 2.69. The summed E-state index contributed by atoms with van der Waals surface area (Å²) in [5, 5.41) is 1.02. The lowest BCUT2D eigenvalue weighted by atomic mass is 10.00. The Bertz CT molecular complexity index is 1280. The van der Waals surface area contributed by atoms with Gasteiger partial charge in [-0.05, 0) is 61.0 Å². The minimum atomic E-state index is -4.24. The molecule has 7 nitrogen and oxygen atoms in total. The van der Waals surface area contributed by atoms with E-state index in [4.69, 9.17) is 14.0 Å². The largest absolute Gasteiger partial charge is 0.461 e. The van der Waals surface area contributed by atoms with Crippen LogP contribution in [0.4, 0.5) is 0 Å². The minimum absolute atomic E-state index is 0.188. The van der Waals surface area contributed by atoms with Crippen LogP contribution in [0, 0.1) is 20.8 Å². The first-order chi connectivity index (χ1) is 14.6. The molecule has 3 rings (SSSR count). The van der Waals surface area contributed by atoms with Gasteiger partial charge in [-0.2, -0.15) is 8.42 Å². The molecule has 8 heteroatoms. The maximum Gasteiger partial charge on any atom is 0.343 e.